The minimum absolute atomic E-state index is 0. The molecule has 2 aliphatic rings. The molecule has 1 aromatic carbocycles. The highest BCUT2D eigenvalue weighted by molar-refractivity contribution is 7.89. The fraction of sp³-hybridized carbons (Fsp3) is 0.529. The lowest BCUT2D eigenvalue weighted by molar-refractivity contribution is 0.0654. The lowest BCUT2D eigenvalue weighted by atomic mass is 10.1. The first kappa shape index (κ1) is 20.8. The molecular weight excluding hydrogens is 378 g/mol. The lowest BCUT2D eigenvalue weighted by Crippen LogP contribution is -2.35. The van der Waals surface area contributed by atoms with Crippen LogP contribution in [0.25, 0.3) is 0 Å². The molecule has 1 fully saturated rings. The summed E-state index contributed by atoms with van der Waals surface area (Å²) in [5.41, 5.74) is 0.787. The predicted molar refractivity (Wildman–Crippen MR) is 101 cm³/mol. The van der Waals surface area contributed by atoms with Gasteiger partial charge in [0, 0.05) is 19.6 Å². The van der Waals surface area contributed by atoms with Crippen molar-refractivity contribution < 1.29 is 18.0 Å². The fourth-order valence-corrected chi connectivity index (χ4v) is 5.06. The number of sulfonamides is 1. The average molecular weight is 402 g/mol. The van der Waals surface area contributed by atoms with E-state index in [9.17, 15) is 18.0 Å². The van der Waals surface area contributed by atoms with Crippen LogP contribution >= 0.6 is 12.4 Å². The van der Waals surface area contributed by atoms with Crippen LogP contribution in [-0.4, -0.2) is 68.4 Å². The Morgan fingerprint density at radius 3 is 2.35 bits per heavy atom. The Labute approximate surface area is 160 Å². The number of hydrogen-bond donors (Lipinski definition) is 1. The van der Waals surface area contributed by atoms with Gasteiger partial charge in [0.25, 0.3) is 11.8 Å². The molecule has 1 aromatic rings. The highest BCUT2D eigenvalue weighted by Gasteiger charge is 2.35. The van der Waals surface area contributed by atoms with Crippen LogP contribution in [0.1, 0.15) is 33.6 Å². The lowest BCUT2D eigenvalue weighted by Gasteiger charge is -2.18. The predicted octanol–water partition coefficient (Wildman–Crippen LogP) is 0.966. The van der Waals surface area contributed by atoms with Crippen LogP contribution in [0, 0.1) is 5.92 Å². The van der Waals surface area contributed by atoms with Crippen LogP contribution in [0.5, 0.6) is 0 Å². The van der Waals surface area contributed by atoms with Crippen molar-refractivity contribution >= 4 is 34.2 Å². The van der Waals surface area contributed by atoms with Gasteiger partial charge in [-0.2, -0.15) is 0 Å². The molecule has 7 nitrogen and oxygen atoms in total. The third kappa shape index (κ3) is 4.09. The minimum atomic E-state index is -3.35. The molecule has 0 radical (unpaired) electrons. The van der Waals surface area contributed by atoms with Gasteiger partial charge in [-0.1, -0.05) is 12.1 Å². The summed E-state index contributed by atoms with van der Waals surface area (Å²) in [5.74, 6) is -0.385. The van der Waals surface area contributed by atoms with Crippen LogP contribution in [0.3, 0.4) is 0 Å². The molecular formula is C17H24ClN3O4S. The Hall–Kier alpha value is -1.48. The van der Waals surface area contributed by atoms with E-state index in [0.717, 1.165) is 17.9 Å². The molecule has 2 aliphatic heterocycles. The summed E-state index contributed by atoms with van der Waals surface area (Å²) >= 11 is 0. The number of carbonyl (C=O) groups excluding carboxylic acids is 2. The maximum Gasteiger partial charge on any atom is 0.261 e. The van der Waals surface area contributed by atoms with E-state index in [2.05, 4.69) is 5.32 Å². The van der Waals surface area contributed by atoms with Crippen molar-refractivity contribution in [2.24, 2.45) is 5.92 Å². The molecule has 0 bridgehead atoms. The zero-order chi connectivity index (χ0) is 18.0. The number of nitrogens with one attached hydrogen (secondary N) is 1. The second kappa shape index (κ2) is 8.47. The zero-order valence-corrected chi connectivity index (χ0v) is 16.3. The van der Waals surface area contributed by atoms with Gasteiger partial charge >= 0.3 is 0 Å². The van der Waals surface area contributed by atoms with Crippen LogP contribution in [0.2, 0.25) is 0 Å². The normalized spacial score (nSPS) is 20.3. The number of hydrogen-bond acceptors (Lipinski definition) is 5. The van der Waals surface area contributed by atoms with Gasteiger partial charge in [0.1, 0.15) is 0 Å². The van der Waals surface area contributed by atoms with Gasteiger partial charge in [0.15, 0.2) is 0 Å². The molecule has 9 heteroatoms. The number of carbonyl (C=O) groups is 2. The monoisotopic (exact) mass is 401 g/mol. The summed E-state index contributed by atoms with van der Waals surface area (Å²) in [5, 5.41) is 3.08. The molecule has 1 atom stereocenters. The van der Waals surface area contributed by atoms with Crippen LogP contribution in [-0.2, 0) is 10.0 Å². The van der Waals surface area contributed by atoms with Gasteiger partial charge in [-0.3, -0.25) is 14.5 Å². The third-order valence-electron chi connectivity index (χ3n) is 4.80. The largest absolute Gasteiger partial charge is 0.319 e. The second-order valence-corrected chi connectivity index (χ2v) is 8.64. The molecule has 2 heterocycles. The van der Waals surface area contributed by atoms with Crippen molar-refractivity contribution in [2.45, 2.75) is 12.8 Å². The minimum Gasteiger partial charge on any atom is -0.319 e. The van der Waals surface area contributed by atoms with Gasteiger partial charge < -0.3 is 5.32 Å². The van der Waals surface area contributed by atoms with E-state index in [1.807, 2.05) is 7.05 Å². The Morgan fingerprint density at radius 1 is 1.15 bits per heavy atom. The quantitative estimate of drug-likeness (QED) is 0.688. The third-order valence-corrected chi connectivity index (χ3v) is 6.72. The van der Waals surface area contributed by atoms with Crippen molar-refractivity contribution in [1.29, 1.82) is 0 Å². The first-order chi connectivity index (χ1) is 11.9. The molecule has 3 rings (SSSR count). The van der Waals surface area contributed by atoms with Crippen LogP contribution in [0.4, 0.5) is 0 Å². The summed E-state index contributed by atoms with van der Waals surface area (Å²) < 4.78 is 26.4. The maximum atomic E-state index is 12.5. The van der Waals surface area contributed by atoms with E-state index in [0.29, 0.717) is 30.1 Å². The SMILES string of the molecule is CNCC1CCN(S(=O)(=O)CCCN2C(=O)c3ccccc3C2=O)C1.Cl. The van der Waals surface area contributed by atoms with E-state index in [1.54, 1.807) is 24.3 Å². The Kier molecular flexibility index (Phi) is 6.79. The number of fused-ring (bicyclic) bond motifs is 1. The van der Waals surface area contributed by atoms with E-state index in [-0.39, 0.29) is 42.9 Å². The standard InChI is InChI=1S/C17H23N3O4S.ClH/c1-18-11-13-7-9-19(12-13)25(23,24)10-4-8-20-16(21)14-5-2-3-6-15(14)17(20)22;/h2-3,5-6,13,18H,4,7-12H2,1H3;1H. The maximum absolute atomic E-state index is 12.5. The van der Waals surface area contributed by atoms with Gasteiger partial charge in [-0.25, -0.2) is 12.7 Å². The van der Waals surface area contributed by atoms with Gasteiger partial charge in [0.2, 0.25) is 10.0 Å². The Morgan fingerprint density at radius 2 is 1.77 bits per heavy atom. The highest BCUT2D eigenvalue weighted by Crippen LogP contribution is 2.23. The van der Waals surface area contributed by atoms with Crippen LogP contribution in [0.15, 0.2) is 24.3 Å². The van der Waals surface area contributed by atoms with Crippen molar-refractivity contribution in [3.05, 3.63) is 35.4 Å². The van der Waals surface area contributed by atoms with Crippen LogP contribution < -0.4 is 5.32 Å². The molecule has 1 saturated heterocycles. The van der Waals surface area contributed by atoms with Crippen molar-refractivity contribution in [3.8, 4) is 0 Å². The topological polar surface area (TPSA) is 86.8 Å². The molecule has 144 valence electrons. The number of nitrogens with zero attached hydrogens (tertiary/aromatic N) is 2. The summed E-state index contributed by atoms with van der Waals surface area (Å²) in [6, 6.07) is 6.68. The van der Waals surface area contributed by atoms with E-state index >= 15 is 0 Å². The van der Waals surface area contributed by atoms with Gasteiger partial charge in [-0.05, 0) is 44.5 Å². The molecule has 26 heavy (non-hydrogen) atoms. The van der Waals surface area contributed by atoms with E-state index < -0.39 is 10.0 Å². The number of imide groups is 1. The molecule has 0 spiro atoms. The second-order valence-electron chi connectivity index (χ2n) is 6.55. The molecule has 0 aromatic heterocycles. The molecule has 2 amide bonds. The first-order valence-electron chi connectivity index (χ1n) is 8.51. The number of benzene rings is 1. The number of amides is 2. The Balaban J connectivity index is 0.00000243. The number of rotatable bonds is 7. The number of halogens is 1. The summed E-state index contributed by atoms with van der Waals surface area (Å²) in [6.07, 6.45) is 1.11. The molecule has 1 N–H and O–H groups in total. The van der Waals surface area contributed by atoms with E-state index in [1.165, 1.54) is 4.31 Å². The molecule has 0 aliphatic carbocycles. The van der Waals surface area contributed by atoms with Crippen molar-refractivity contribution in [1.82, 2.24) is 14.5 Å². The summed E-state index contributed by atoms with van der Waals surface area (Å²) in [4.78, 5) is 25.7. The van der Waals surface area contributed by atoms with Gasteiger partial charge in [0.05, 0.1) is 16.9 Å². The van der Waals surface area contributed by atoms with E-state index in [4.69, 9.17) is 0 Å². The summed E-state index contributed by atoms with van der Waals surface area (Å²) in [6.45, 7) is 2.01. The molecule has 0 saturated carbocycles. The van der Waals surface area contributed by atoms with Crippen molar-refractivity contribution in [3.63, 3.8) is 0 Å². The fourth-order valence-electron chi connectivity index (χ4n) is 3.48. The first-order valence-corrected chi connectivity index (χ1v) is 10.1. The smallest absolute Gasteiger partial charge is 0.261 e. The van der Waals surface area contributed by atoms with Crippen molar-refractivity contribution in [2.75, 3.05) is 39.0 Å². The Bertz CT molecular complexity index is 749. The zero-order valence-electron chi connectivity index (χ0n) is 14.7. The highest BCUT2D eigenvalue weighted by atomic mass is 35.5. The summed E-state index contributed by atoms with van der Waals surface area (Å²) in [7, 11) is -1.49. The van der Waals surface area contributed by atoms with Gasteiger partial charge in [-0.15, -0.1) is 12.4 Å². The average Bonchev–Trinajstić information content (AvgIpc) is 3.15. The molecule has 1 unspecified atom stereocenters.